The molecule has 7 heteroatoms. The van der Waals surface area contributed by atoms with Crippen LogP contribution in [0.25, 0.3) is 11.0 Å². The molecular formula is C23H26N4O3. The zero-order chi connectivity index (χ0) is 21.3. The molecule has 0 spiro atoms. The van der Waals surface area contributed by atoms with Crippen LogP contribution < -0.4 is 11.1 Å². The summed E-state index contributed by atoms with van der Waals surface area (Å²) in [5.41, 5.74) is 3.01. The Bertz CT molecular complexity index is 1200. The van der Waals surface area contributed by atoms with Crippen molar-refractivity contribution < 1.29 is 4.79 Å². The van der Waals surface area contributed by atoms with Gasteiger partial charge in [-0.3, -0.25) is 19.3 Å². The number of amides is 1. The fourth-order valence-corrected chi connectivity index (χ4v) is 4.05. The summed E-state index contributed by atoms with van der Waals surface area (Å²) in [6.07, 6.45) is 0. The second kappa shape index (κ2) is 8.28. The van der Waals surface area contributed by atoms with Gasteiger partial charge in [0.2, 0.25) is 0 Å². The highest BCUT2D eigenvalue weighted by molar-refractivity contribution is 5.97. The Morgan fingerprint density at radius 3 is 2.47 bits per heavy atom. The molecule has 1 aromatic heterocycles. The fraction of sp³-hybridized carbons (Fsp3) is 0.348. The van der Waals surface area contributed by atoms with E-state index in [4.69, 9.17) is 0 Å². The highest BCUT2D eigenvalue weighted by Crippen LogP contribution is 2.16. The molecule has 0 aliphatic carbocycles. The third kappa shape index (κ3) is 3.80. The fourth-order valence-electron chi connectivity index (χ4n) is 4.05. The molecule has 1 amide bonds. The van der Waals surface area contributed by atoms with Crippen molar-refractivity contribution >= 4 is 16.9 Å². The predicted octanol–water partition coefficient (Wildman–Crippen LogP) is 1.98. The van der Waals surface area contributed by atoms with Gasteiger partial charge in [0.25, 0.3) is 5.91 Å². The number of carbonyl (C=O) groups is 1. The molecule has 4 rings (SSSR count). The van der Waals surface area contributed by atoms with Crippen molar-refractivity contribution in [1.29, 1.82) is 0 Å². The molecule has 2 heterocycles. The number of nitrogens with one attached hydrogen (secondary N) is 1. The van der Waals surface area contributed by atoms with Crippen molar-refractivity contribution in [3.63, 3.8) is 0 Å². The number of H-pyrrole nitrogens is 1. The molecule has 0 radical (unpaired) electrons. The van der Waals surface area contributed by atoms with Gasteiger partial charge in [-0.15, -0.1) is 0 Å². The molecule has 30 heavy (non-hydrogen) atoms. The Balaban J connectivity index is 1.48. The Hall–Kier alpha value is -3.19. The second-order valence-electron chi connectivity index (χ2n) is 7.73. The van der Waals surface area contributed by atoms with Crippen LogP contribution >= 0.6 is 0 Å². The van der Waals surface area contributed by atoms with Crippen molar-refractivity contribution in [2.75, 3.05) is 26.2 Å². The summed E-state index contributed by atoms with van der Waals surface area (Å²) in [6.45, 7) is 8.18. The first kappa shape index (κ1) is 20.1. The zero-order valence-corrected chi connectivity index (χ0v) is 17.4. The maximum Gasteiger partial charge on any atom is 0.316 e. The molecule has 0 unspecified atom stereocenters. The van der Waals surface area contributed by atoms with Gasteiger partial charge in [0.05, 0.1) is 11.0 Å². The number of carbonyl (C=O) groups excluding carboxylic acids is 1. The molecule has 1 N–H and O–H groups in total. The van der Waals surface area contributed by atoms with E-state index in [0.29, 0.717) is 36.2 Å². The number of benzene rings is 2. The second-order valence-corrected chi connectivity index (χ2v) is 7.73. The van der Waals surface area contributed by atoms with Crippen LogP contribution in [0.15, 0.2) is 52.1 Å². The Kier molecular flexibility index (Phi) is 5.55. The summed E-state index contributed by atoms with van der Waals surface area (Å²) < 4.78 is 1.42. The van der Waals surface area contributed by atoms with Crippen molar-refractivity contribution in [3.05, 3.63) is 79.9 Å². The molecule has 1 aliphatic rings. The molecule has 1 fully saturated rings. The van der Waals surface area contributed by atoms with E-state index in [2.05, 4.69) is 35.0 Å². The minimum absolute atomic E-state index is 0.0532. The molecule has 7 nitrogen and oxygen atoms in total. The summed E-state index contributed by atoms with van der Waals surface area (Å²) in [6, 6.07) is 13.5. The lowest BCUT2D eigenvalue weighted by molar-refractivity contribution is 0.0628. The summed E-state index contributed by atoms with van der Waals surface area (Å²) >= 11 is 0. The highest BCUT2D eigenvalue weighted by Gasteiger charge is 2.23. The summed E-state index contributed by atoms with van der Waals surface area (Å²) in [5, 5.41) is 0. The molecule has 0 atom stereocenters. The predicted molar refractivity (Wildman–Crippen MR) is 117 cm³/mol. The Labute approximate surface area is 174 Å². The molecule has 1 aliphatic heterocycles. The number of nitrogens with zero attached hydrogens (tertiary/aromatic N) is 3. The van der Waals surface area contributed by atoms with Gasteiger partial charge in [-0.25, -0.2) is 0 Å². The van der Waals surface area contributed by atoms with E-state index < -0.39 is 11.1 Å². The Morgan fingerprint density at radius 1 is 1.03 bits per heavy atom. The van der Waals surface area contributed by atoms with Crippen molar-refractivity contribution in [3.8, 4) is 0 Å². The van der Waals surface area contributed by atoms with Gasteiger partial charge in [-0.1, -0.05) is 24.3 Å². The maximum absolute atomic E-state index is 13.0. The maximum atomic E-state index is 13.0. The van der Waals surface area contributed by atoms with Crippen LogP contribution in [0.4, 0.5) is 0 Å². The van der Waals surface area contributed by atoms with E-state index in [-0.39, 0.29) is 5.91 Å². The largest absolute Gasteiger partial charge is 0.336 e. The molecule has 0 bridgehead atoms. The minimum Gasteiger partial charge on any atom is -0.336 e. The number of fused-ring (bicyclic) bond motifs is 1. The average molecular weight is 406 g/mol. The van der Waals surface area contributed by atoms with Crippen molar-refractivity contribution in [1.82, 2.24) is 19.4 Å². The van der Waals surface area contributed by atoms with Crippen LogP contribution in [0, 0.1) is 6.92 Å². The quantitative estimate of drug-likeness (QED) is 0.672. The van der Waals surface area contributed by atoms with E-state index in [1.807, 2.05) is 17.9 Å². The average Bonchev–Trinajstić information content (AvgIpc) is 2.76. The smallest absolute Gasteiger partial charge is 0.316 e. The summed E-state index contributed by atoms with van der Waals surface area (Å²) in [7, 11) is 0. The molecular weight excluding hydrogens is 380 g/mol. The SMILES string of the molecule is CCn1c(=O)c(=O)[nH]c2cc(C(=O)N3CCN(Cc4ccccc4C)CC3)ccc21. The van der Waals surface area contributed by atoms with Crippen LogP contribution in [0.1, 0.15) is 28.4 Å². The van der Waals surface area contributed by atoms with Crippen molar-refractivity contribution in [2.45, 2.75) is 26.9 Å². The van der Waals surface area contributed by atoms with E-state index in [0.717, 1.165) is 19.6 Å². The zero-order valence-electron chi connectivity index (χ0n) is 17.4. The minimum atomic E-state index is -0.668. The lowest BCUT2D eigenvalue weighted by atomic mass is 10.1. The highest BCUT2D eigenvalue weighted by atomic mass is 16.2. The van der Waals surface area contributed by atoms with Gasteiger partial charge in [0.1, 0.15) is 0 Å². The number of piperazine rings is 1. The van der Waals surface area contributed by atoms with Gasteiger partial charge < -0.3 is 14.5 Å². The van der Waals surface area contributed by atoms with Crippen LogP contribution in [0.5, 0.6) is 0 Å². The molecule has 156 valence electrons. The van der Waals surface area contributed by atoms with Gasteiger partial charge in [0, 0.05) is 44.8 Å². The van der Waals surface area contributed by atoms with Gasteiger partial charge in [-0.2, -0.15) is 0 Å². The van der Waals surface area contributed by atoms with Crippen LogP contribution in [-0.2, 0) is 13.1 Å². The van der Waals surface area contributed by atoms with Crippen LogP contribution in [0.2, 0.25) is 0 Å². The summed E-state index contributed by atoms with van der Waals surface area (Å²) in [5.74, 6) is -0.0532. The van der Waals surface area contributed by atoms with Crippen molar-refractivity contribution in [2.24, 2.45) is 0 Å². The van der Waals surface area contributed by atoms with E-state index in [1.54, 1.807) is 18.2 Å². The van der Waals surface area contributed by atoms with Gasteiger partial charge in [0.15, 0.2) is 0 Å². The van der Waals surface area contributed by atoms with Crippen LogP contribution in [-0.4, -0.2) is 51.4 Å². The van der Waals surface area contributed by atoms with E-state index in [1.165, 1.54) is 15.7 Å². The molecule has 2 aromatic carbocycles. The topological polar surface area (TPSA) is 78.4 Å². The number of hydrogen-bond acceptors (Lipinski definition) is 4. The van der Waals surface area contributed by atoms with E-state index >= 15 is 0 Å². The lowest BCUT2D eigenvalue weighted by Crippen LogP contribution is -2.48. The first-order valence-corrected chi connectivity index (χ1v) is 10.3. The summed E-state index contributed by atoms with van der Waals surface area (Å²) in [4.78, 5) is 43.8. The molecule has 1 saturated heterocycles. The standard InChI is InChI=1S/C23H26N4O3/c1-3-27-20-9-8-17(14-19(20)24-21(28)23(27)30)22(29)26-12-10-25(11-13-26)15-18-7-5-4-6-16(18)2/h4-9,14H,3,10-13,15H2,1-2H3,(H,24,28). The van der Waals surface area contributed by atoms with Gasteiger partial charge in [-0.05, 0) is 43.2 Å². The number of hydrogen-bond donors (Lipinski definition) is 1. The first-order valence-electron chi connectivity index (χ1n) is 10.3. The normalized spacial score (nSPS) is 14.9. The molecule has 3 aromatic rings. The third-order valence-corrected chi connectivity index (χ3v) is 5.85. The van der Waals surface area contributed by atoms with Gasteiger partial charge >= 0.3 is 11.1 Å². The lowest BCUT2D eigenvalue weighted by Gasteiger charge is -2.35. The third-order valence-electron chi connectivity index (χ3n) is 5.85. The first-order chi connectivity index (χ1) is 14.5. The number of rotatable bonds is 4. The number of aryl methyl sites for hydroxylation is 2. The van der Waals surface area contributed by atoms with E-state index in [9.17, 15) is 14.4 Å². The molecule has 0 saturated carbocycles. The number of aromatic amines is 1. The monoisotopic (exact) mass is 406 g/mol. The van der Waals surface area contributed by atoms with Crippen LogP contribution in [0.3, 0.4) is 0 Å². The number of aromatic nitrogens is 2. The Morgan fingerprint density at radius 2 is 1.77 bits per heavy atom.